The molecule has 0 saturated heterocycles. The van der Waals surface area contributed by atoms with Gasteiger partial charge in [0.05, 0.1) is 6.20 Å². The Morgan fingerprint density at radius 1 is 1.45 bits per heavy atom. The van der Waals surface area contributed by atoms with E-state index in [2.05, 4.69) is 31.1 Å². The lowest BCUT2D eigenvalue weighted by atomic mass is 10.2. The molecule has 3 nitrogen and oxygen atoms in total. The molecular formula is C7H6BrN3. The minimum atomic E-state index is 0.839. The quantitative estimate of drug-likeness (QED) is 0.725. The van der Waals surface area contributed by atoms with Gasteiger partial charge in [-0.05, 0) is 28.4 Å². The maximum Gasteiger partial charge on any atom is 0.155 e. The van der Waals surface area contributed by atoms with E-state index in [1.807, 2.05) is 6.92 Å². The Hall–Kier alpha value is -0.900. The van der Waals surface area contributed by atoms with Crippen LogP contribution >= 0.6 is 15.9 Å². The first kappa shape index (κ1) is 6.79. The van der Waals surface area contributed by atoms with Crippen LogP contribution in [0.1, 0.15) is 5.56 Å². The number of rotatable bonds is 0. The molecule has 2 aromatic heterocycles. The number of nitrogens with zero attached hydrogens (tertiary/aromatic N) is 2. The zero-order valence-corrected chi connectivity index (χ0v) is 7.51. The predicted molar refractivity (Wildman–Crippen MR) is 46.3 cm³/mol. The number of fused-ring (bicyclic) bond motifs is 1. The summed E-state index contributed by atoms with van der Waals surface area (Å²) in [6, 6.07) is 0. The summed E-state index contributed by atoms with van der Waals surface area (Å²) in [5.41, 5.74) is 2.01. The first-order chi connectivity index (χ1) is 5.29. The van der Waals surface area contributed by atoms with Gasteiger partial charge < -0.3 is 0 Å². The Kier molecular flexibility index (Phi) is 1.42. The number of hydrogen-bond donors (Lipinski definition) is 1. The van der Waals surface area contributed by atoms with Gasteiger partial charge in [0.2, 0.25) is 0 Å². The average molecular weight is 212 g/mol. The molecule has 0 radical (unpaired) electrons. The van der Waals surface area contributed by atoms with E-state index in [1.165, 1.54) is 5.56 Å². The summed E-state index contributed by atoms with van der Waals surface area (Å²) in [5.74, 6) is 0. The monoisotopic (exact) mass is 211 g/mol. The van der Waals surface area contributed by atoms with Crippen LogP contribution in [0.25, 0.3) is 11.0 Å². The highest BCUT2D eigenvalue weighted by atomic mass is 79.9. The van der Waals surface area contributed by atoms with Gasteiger partial charge in [0.25, 0.3) is 0 Å². The second-order valence-corrected chi connectivity index (χ2v) is 3.22. The molecule has 0 aromatic carbocycles. The number of aryl methyl sites for hydroxylation is 1. The van der Waals surface area contributed by atoms with E-state index in [9.17, 15) is 0 Å². The molecule has 2 rings (SSSR count). The van der Waals surface area contributed by atoms with Crippen LogP contribution in [0.3, 0.4) is 0 Å². The lowest BCUT2D eigenvalue weighted by molar-refractivity contribution is 1.10. The predicted octanol–water partition coefficient (Wildman–Crippen LogP) is 2.03. The summed E-state index contributed by atoms with van der Waals surface area (Å²) in [5, 5.41) is 7.77. The highest BCUT2D eigenvalue weighted by Gasteiger charge is 2.02. The fraction of sp³-hybridized carbons (Fsp3) is 0.143. The van der Waals surface area contributed by atoms with E-state index in [1.54, 1.807) is 12.4 Å². The van der Waals surface area contributed by atoms with Crippen LogP contribution in [0.5, 0.6) is 0 Å². The summed E-state index contributed by atoms with van der Waals surface area (Å²) in [6.07, 6.45) is 3.55. The normalized spacial score (nSPS) is 10.7. The summed E-state index contributed by atoms with van der Waals surface area (Å²) >= 11 is 3.40. The van der Waals surface area contributed by atoms with Crippen molar-refractivity contribution in [3.8, 4) is 0 Å². The number of hydrogen-bond acceptors (Lipinski definition) is 2. The summed E-state index contributed by atoms with van der Waals surface area (Å²) in [6.45, 7) is 2.03. The van der Waals surface area contributed by atoms with E-state index < -0.39 is 0 Å². The molecule has 11 heavy (non-hydrogen) atoms. The van der Waals surface area contributed by atoms with Crippen molar-refractivity contribution < 1.29 is 0 Å². The molecule has 0 spiro atoms. The molecule has 4 heteroatoms. The third kappa shape index (κ3) is 0.939. The number of pyridine rings is 1. The van der Waals surface area contributed by atoms with Gasteiger partial charge in [0, 0.05) is 16.1 Å². The van der Waals surface area contributed by atoms with Crippen LogP contribution in [-0.2, 0) is 0 Å². The number of H-pyrrole nitrogens is 1. The average Bonchev–Trinajstić information content (AvgIpc) is 2.45. The molecule has 0 unspecified atom stereocenters. The van der Waals surface area contributed by atoms with Gasteiger partial charge in [-0.1, -0.05) is 0 Å². The summed E-state index contributed by atoms with van der Waals surface area (Å²) in [7, 11) is 0. The molecule has 0 aliphatic heterocycles. The SMILES string of the molecule is Cc1c(Br)cnc2[nH]ncc12. The highest BCUT2D eigenvalue weighted by Crippen LogP contribution is 2.21. The van der Waals surface area contributed by atoms with E-state index in [-0.39, 0.29) is 0 Å². The minimum Gasteiger partial charge on any atom is -0.261 e. The standard InChI is InChI=1S/C7H6BrN3/c1-4-5-2-10-11-7(5)9-3-6(4)8/h2-3H,1H3,(H,9,10,11). The van der Waals surface area contributed by atoms with Crippen molar-refractivity contribution in [1.82, 2.24) is 15.2 Å². The van der Waals surface area contributed by atoms with Crippen molar-refractivity contribution in [1.29, 1.82) is 0 Å². The Labute approximate surface area is 72.0 Å². The van der Waals surface area contributed by atoms with Gasteiger partial charge in [0.1, 0.15) is 0 Å². The van der Waals surface area contributed by atoms with Gasteiger partial charge in [-0.25, -0.2) is 4.98 Å². The Balaban J connectivity index is 2.93. The summed E-state index contributed by atoms with van der Waals surface area (Å²) in [4.78, 5) is 4.14. The first-order valence-electron chi connectivity index (χ1n) is 3.23. The van der Waals surface area contributed by atoms with Crippen molar-refractivity contribution in [3.05, 3.63) is 22.4 Å². The zero-order chi connectivity index (χ0) is 7.84. The molecule has 2 heterocycles. The van der Waals surface area contributed by atoms with E-state index in [0.29, 0.717) is 0 Å². The van der Waals surface area contributed by atoms with Crippen LogP contribution in [0.4, 0.5) is 0 Å². The maximum atomic E-state index is 4.14. The number of aromatic nitrogens is 3. The second-order valence-electron chi connectivity index (χ2n) is 2.36. The number of aromatic amines is 1. The largest absolute Gasteiger partial charge is 0.261 e. The van der Waals surface area contributed by atoms with Crippen molar-refractivity contribution in [2.45, 2.75) is 6.92 Å². The second kappa shape index (κ2) is 2.30. The van der Waals surface area contributed by atoms with Gasteiger partial charge in [0.15, 0.2) is 5.65 Å². The Bertz CT molecular complexity index is 393. The van der Waals surface area contributed by atoms with E-state index >= 15 is 0 Å². The van der Waals surface area contributed by atoms with Crippen LogP contribution in [0, 0.1) is 6.92 Å². The lowest BCUT2D eigenvalue weighted by Crippen LogP contribution is -1.81. The van der Waals surface area contributed by atoms with Gasteiger partial charge in [-0.15, -0.1) is 0 Å². The molecule has 1 N–H and O–H groups in total. The molecule has 0 atom stereocenters. The molecule has 0 amide bonds. The minimum absolute atomic E-state index is 0.839. The van der Waals surface area contributed by atoms with Gasteiger partial charge in [-0.2, -0.15) is 5.10 Å². The van der Waals surface area contributed by atoms with Crippen LogP contribution in [0.2, 0.25) is 0 Å². The number of nitrogens with one attached hydrogen (secondary N) is 1. The van der Waals surface area contributed by atoms with Crippen LogP contribution in [0.15, 0.2) is 16.9 Å². The molecule has 0 bridgehead atoms. The molecule has 0 saturated carbocycles. The fourth-order valence-corrected chi connectivity index (χ4v) is 1.31. The van der Waals surface area contributed by atoms with E-state index in [0.717, 1.165) is 15.5 Å². The first-order valence-corrected chi connectivity index (χ1v) is 4.02. The molecule has 56 valence electrons. The molecule has 0 aliphatic rings. The van der Waals surface area contributed by atoms with E-state index in [4.69, 9.17) is 0 Å². The van der Waals surface area contributed by atoms with Crippen molar-refractivity contribution >= 4 is 27.0 Å². The highest BCUT2D eigenvalue weighted by molar-refractivity contribution is 9.10. The van der Waals surface area contributed by atoms with Crippen molar-refractivity contribution in [2.24, 2.45) is 0 Å². The van der Waals surface area contributed by atoms with Crippen LogP contribution in [-0.4, -0.2) is 15.2 Å². The summed E-state index contributed by atoms with van der Waals surface area (Å²) < 4.78 is 1.02. The Morgan fingerprint density at radius 2 is 2.27 bits per heavy atom. The zero-order valence-electron chi connectivity index (χ0n) is 5.93. The lowest BCUT2D eigenvalue weighted by Gasteiger charge is -1.95. The molecule has 2 aromatic rings. The number of halogens is 1. The third-order valence-electron chi connectivity index (χ3n) is 1.69. The third-order valence-corrected chi connectivity index (χ3v) is 2.49. The molecule has 0 fully saturated rings. The maximum absolute atomic E-state index is 4.14. The van der Waals surface area contributed by atoms with Gasteiger partial charge in [-0.3, -0.25) is 5.10 Å². The van der Waals surface area contributed by atoms with Crippen LogP contribution < -0.4 is 0 Å². The molecular weight excluding hydrogens is 206 g/mol. The van der Waals surface area contributed by atoms with Crippen molar-refractivity contribution in [2.75, 3.05) is 0 Å². The smallest absolute Gasteiger partial charge is 0.155 e. The topological polar surface area (TPSA) is 41.6 Å². The van der Waals surface area contributed by atoms with Crippen molar-refractivity contribution in [3.63, 3.8) is 0 Å². The molecule has 0 aliphatic carbocycles. The fourth-order valence-electron chi connectivity index (χ4n) is 0.999. The Morgan fingerprint density at radius 3 is 3.09 bits per heavy atom. The van der Waals surface area contributed by atoms with Gasteiger partial charge >= 0.3 is 0 Å².